The first-order valence-electron chi connectivity index (χ1n) is 20.4. The van der Waals surface area contributed by atoms with E-state index in [9.17, 15) is 4.79 Å². The number of carbonyl (C=O) groups excluding carboxylic acids is 1. The van der Waals surface area contributed by atoms with Crippen molar-refractivity contribution >= 4 is 5.97 Å². The standard InChI is InChI=1S/C45H74O2/c1-9-10-11-12-13-14-15-16-17-18-19-20-21-22-43(46)47-42-30-32-45(8)39(36(42)6)26-25-37-40-28-27-38(44(40,7)31-29-41(37)45)35(5)24-23-34(4)33(2)3/h10-11,13-14,16-17,25,33-36,38-42H,9,12,15,18-24,26-32H2,1-8H3. The van der Waals surface area contributed by atoms with Crippen molar-refractivity contribution in [3.05, 3.63) is 48.1 Å². The van der Waals surface area contributed by atoms with Gasteiger partial charge < -0.3 is 4.74 Å². The molecule has 2 heteroatoms. The largest absolute Gasteiger partial charge is 0.462 e. The van der Waals surface area contributed by atoms with Crippen LogP contribution < -0.4 is 0 Å². The maximum Gasteiger partial charge on any atom is 0.306 e. The molecule has 3 fully saturated rings. The molecular formula is C45H74O2. The molecule has 10 unspecified atom stereocenters. The Kier molecular flexibility index (Phi) is 14.6. The molecule has 0 saturated heterocycles. The van der Waals surface area contributed by atoms with Crippen LogP contribution in [0.2, 0.25) is 0 Å². The maximum absolute atomic E-state index is 12.9. The van der Waals surface area contributed by atoms with Gasteiger partial charge in [0.05, 0.1) is 0 Å². The fourth-order valence-corrected chi connectivity index (χ4v) is 10.9. The molecular weight excluding hydrogens is 572 g/mol. The van der Waals surface area contributed by atoms with Crippen molar-refractivity contribution < 1.29 is 9.53 Å². The molecule has 4 aliphatic carbocycles. The van der Waals surface area contributed by atoms with Crippen molar-refractivity contribution in [2.45, 2.75) is 171 Å². The second-order valence-electron chi connectivity index (χ2n) is 17.5. The first-order valence-corrected chi connectivity index (χ1v) is 20.4. The molecule has 2 nitrogen and oxygen atoms in total. The van der Waals surface area contributed by atoms with E-state index in [0.717, 1.165) is 86.9 Å². The van der Waals surface area contributed by atoms with Gasteiger partial charge in [0.1, 0.15) is 6.10 Å². The van der Waals surface area contributed by atoms with Crippen LogP contribution in [0.3, 0.4) is 0 Å². The van der Waals surface area contributed by atoms with Crippen LogP contribution in [0.4, 0.5) is 0 Å². The number of hydrogen-bond donors (Lipinski definition) is 0. The first kappa shape index (κ1) is 38.2. The summed E-state index contributed by atoms with van der Waals surface area (Å²) in [6, 6.07) is 0. The minimum atomic E-state index is 0.0395. The number of allylic oxidation sites excluding steroid dienone is 8. The number of hydrogen-bond acceptors (Lipinski definition) is 2. The third-order valence-corrected chi connectivity index (χ3v) is 14.3. The number of rotatable bonds is 17. The highest BCUT2D eigenvalue weighted by Gasteiger charge is 2.59. The highest BCUT2D eigenvalue weighted by atomic mass is 16.5. The Morgan fingerprint density at radius 2 is 1.53 bits per heavy atom. The average Bonchev–Trinajstić information content (AvgIpc) is 3.40. The molecule has 0 aliphatic heterocycles. The molecule has 3 saturated carbocycles. The van der Waals surface area contributed by atoms with Gasteiger partial charge in [-0.05, 0) is 142 Å². The van der Waals surface area contributed by atoms with E-state index >= 15 is 0 Å². The van der Waals surface area contributed by atoms with E-state index in [2.05, 4.69) is 97.9 Å². The van der Waals surface area contributed by atoms with Gasteiger partial charge in [0.15, 0.2) is 0 Å². The Morgan fingerprint density at radius 3 is 2.26 bits per heavy atom. The molecule has 0 N–H and O–H groups in total. The third-order valence-electron chi connectivity index (χ3n) is 14.3. The molecule has 4 rings (SSSR count). The lowest BCUT2D eigenvalue weighted by Crippen LogP contribution is -2.53. The van der Waals surface area contributed by atoms with E-state index in [1.165, 1.54) is 51.4 Å². The molecule has 266 valence electrons. The van der Waals surface area contributed by atoms with E-state index in [0.29, 0.717) is 29.1 Å². The van der Waals surface area contributed by atoms with Crippen molar-refractivity contribution in [3.63, 3.8) is 0 Å². The summed E-state index contributed by atoms with van der Waals surface area (Å²) in [5, 5.41) is 0. The first-order chi connectivity index (χ1) is 22.5. The number of unbranched alkanes of at least 4 members (excludes halogenated alkanes) is 3. The van der Waals surface area contributed by atoms with Crippen LogP contribution in [0.25, 0.3) is 0 Å². The van der Waals surface area contributed by atoms with Crippen molar-refractivity contribution in [2.75, 3.05) is 0 Å². The Labute approximate surface area is 291 Å². The van der Waals surface area contributed by atoms with E-state index in [1.807, 2.05) is 5.57 Å². The number of ether oxygens (including phenoxy) is 1. The van der Waals surface area contributed by atoms with Crippen LogP contribution in [-0.2, 0) is 9.53 Å². The number of fused-ring (bicyclic) bond motifs is 5. The molecule has 10 atom stereocenters. The van der Waals surface area contributed by atoms with E-state index in [-0.39, 0.29) is 12.1 Å². The van der Waals surface area contributed by atoms with Crippen molar-refractivity contribution in [1.82, 2.24) is 0 Å². The van der Waals surface area contributed by atoms with Gasteiger partial charge >= 0.3 is 5.97 Å². The highest BCUT2D eigenvalue weighted by Crippen LogP contribution is 2.67. The predicted octanol–water partition coefficient (Wildman–Crippen LogP) is 13.2. The van der Waals surface area contributed by atoms with Crippen LogP contribution in [0, 0.1) is 58.2 Å². The zero-order valence-corrected chi connectivity index (χ0v) is 32.1. The molecule has 0 heterocycles. The topological polar surface area (TPSA) is 26.3 Å². The van der Waals surface area contributed by atoms with E-state index in [4.69, 9.17) is 4.74 Å². The quantitative estimate of drug-likeness (QED) is 0.0893. The minimum Gasteiger partial charge on any atom is -0.462 e. The zero-order chi connectivity index (χ0) is 34.0. The van der Waals surface area contributed by atoms with E-state index in [1.54, 1.807) is 0 Å². The Balaban J connectivity index is 1.22. The zero-order valence-electron chi connectivity index (χ0n) is 32.1. The van der Waals surface area contributed by atoms with Crippen molar-refractivity contribution in [1.29, 1.82) is 0 Å². The number of carbonyl (C=O) groups is 1. The molecule has 0 aromatic rings. The average molecular weight is 647 g/mol. The minimum absolute atomic E-state index is 0.0395. The van der Waals surface area contributed by atoms with Crippen molar-refractivity contribution in [2.24, 2.45) is 58.2 Å². The van der Waals surface area contributed by atoms with Crippen molar-refractivity contribution in [3.8, 4) is 0 Å². The lowest BCUT2D eigenvalue weighted by molar-refractivity contribution is -0.161. The van der Waals surface area contributed by atoms with Gasteiger partial charge in [-0.25, -0.2) is 0 Å². The summed E-state index contributed by atoms with van der Waals surface area (Å²) in [6.45, 7) is 19.7. The monoisotopic (exact) mass is 647 g/mol. The van der Waals surface area contributed by atoms with Gasteiger partial charge in [0, 0.05) is 6.42 Å². The summed E-state index contributed by atoms with van der Waals surface area (Å²) in [4.78, 5) is 12.9. The Hall–Kier alpha value is -1.57. The summed E-state index contributed by atoms with van der Waals surface area (Å²) in [6.07, 6.45) is 36.2. The van der Waals surface area contributed by atoms with Crippen LogP contribution >= 0.6 is 0 Å². The smallest absolute Gasteiger partial charge is 0.306 e. The number of esters is 1. The van der Waals surface area contributed by atoms with Gasteiger partial charge in [-0.3, -0.25) is 4.79 Å². The van der Waals surface area contributed by atoms with E-state index < -0.39 is 0 Å². The molecule has 0 bridgehead atoms. The Bertz CT molecular complexity index is 1090. The lowest BCUT2D eigenvalue weighted by Gasteiger charge is -2.59. The molecule has 0 spiro atoms. The summed E-state index contributed by atoms with van der Waals surface area (Å²) >= 11 is 0. The Morgan fingerprint density at radius 1 is 0.851 bits per heavy atom. The summed E-state index contributed by atoms with van der Waals surface area (Å²) in [5.41, 5.74) is 2.71. The maximum atomic E-state index is 12.9. The van der Waals surface area contributed by atoms with Gasteiger partial charge in [0.2, 0.25) is 0 Å². The molecule has 4 aliphatic rings. The molecule has 0 aromatic carbocycles. The SMILES string of the molecule is CCC=CCC=CCC=CCCCCCC(=O)OC1CCC2(C)C3CCC4(C)C(CCC4C(C)CCC(C)C(C)C)C3=CCC2C1C. The lowest BCUT2D eigenvalue weighted by atomic mass is 9.46. The van der Waals surface area contributed by atoms with Gasteiger partial charge in [0.25, 0.3) is 0 Å². The predicted molar refractivity (Wildman–Crippen MR) is 202 cm³/mol. The fourth-order valence-electron chi connectivity index (χ4n) is 10.9. The molecule has 0 radical (unpaired) electrons. The second-order valence-corrected chi connectivity index (χ2v) is 17.5. The highest BCUT2D eigenvalue weighted by molar-refractivity contribution is 5.69. The summed E-state index contributed by atoms with van der Waals surface area (Å²) < 4.78 is 6.23. The molecule has 47 heavy (non-hydrogen) atoms. The van der Waals surface area contributed by atoms with Crippen LogP contribution in [0.15, 0.2) is 48.1 Å². The van der Waals surface area contributed by atoms with Gasteiger partial charge in [-0.15, -0.1) is 0 Å². The molecule has 0 aromatic heterocycles. The van der Waals surface area contributed by atoms with Crippen LogP contribution in [0.5, 0.6) is 0 Å². The fraction of sp³-hybridized carbons (Fsp3) is 0.800. The summed E-state index contributed by atoms with van der Waals surface area (Å²) in [5.74, 6) is 6.01. The van der Waals surface area contributed by atoms with Gasteiger partial charge in [-0.2, -0.15) is 0 Å². The van der Waals surface area contributed by atoms with Crippen LogP contribution in [0.1, 0.15) is 165 Å². The molecule has 0 amide bonds. The summed E-state index contributed by atoms with van der Waals surface area (Å²) in [7, 11) is 0. The van der Waals surface area contributed by atoms with Crippen LogP contribution in [-0.4, -0.2) is 12.1 Å². The second kappa shape index (κ2) is 17.9. The normalized spacial score (nSPS) is 35.2. The third kappa shape index (κ3) is 9.36. The van der Waals surface area contributed by atoms with Gasteiger partial charge in [-0.1, -0.05) is 123 Å².